The van der Waals surface area contributed by atoms with Crippen LogP contribution in [0.15, 0.2) is 0 Å². The Kier molecular flexibility index (Phi) is 25.0. The molecule has 0 aliphatic heterocycles. The molecule has 0 aromatic rings. The number of unbranched alkanes of at least 4 members (excludes halogenated alkanes) is 7. The van der Waals surface area contributed by atoms with Crippen molar-refractivity contribution >= 4 is 5.97 Å². The normalized spacial score (nSPS) is 12.2. The highest BCUT2D eigenvalue weighted by Crippen LogP contribution is 2.09. The Labute approximate surface area is 191 Å². The van der Waals surface area contributed by atoms with Crippen LogP contribution in [0.3, 0.4) is 0 Å². The molecule has 31 heavy (non-hydrogen) atoms. The molecule has 0 aromatic heterocycles. The maximum absolute atomic E-state index is 11.8. The highest BCUT2D eigenvalue weighted by Gasteiger charge is 2.09. The van der Waals surface area contributed by atoms with E-state index < -0.39 is 0 Å². The average Bonchev–Trinajstić information content (AvgIpc) is 2.76. The number of esters is 1. The molecule has 0 radical (unpaired) electrons. The molecule has 0 spiro atoms. The Morgan fingerprint density at radius 3 is 1.58 bits per heavy atom. The van der Waals surface area contributed by atoms with E-state index in [4.69, 9.17) is 23.7 Å². The number of hydrogen-bond donors (Lipinski definition) is 0. The minimum atomic E-state index is -0.125. The van der Waals surface area contributed by atoms with E-state index in [9.17, 15) is 4.79 Å². The summed E-state index contributed by atoms with van der Waals surface area (Å²) in [7, 11) is 0. The second-order valence-electron chi connectivity index (χ2n) is 8.12. The number of ether oxygens (including phenoxy) is 5. The Morgan fingerprint density at radius 1 is 0.581 bits per heavy atom. The molecule has 0 amide bonds. The van der Waals surface area contributed by atoms with Gasteiger partial charge in [0.1, 0.15) is 0 Å². The molecule has 1 unspecified atom stereocenters. The number of hydrogen-bond acceptors (Lipinski definition) is 6. The monoisotopic (exact) mass is 446 g/mol. The summed E-state index contributed by atoms with van der Waals surface area (Å²) in [5.74, 6) is -0.125. The number of rotatable bonds is 25. The largest absolute Gasteiger partial charge is 0.463 e. The molecular weight excluding hydrogens is 396 g/mol. The number of carbonyl (C=O) groups excluding carboxylic acids is 1. The molecule has 0 fully saturated rings. The van der Waals surface area contributed by atoms with Crippen molar-refractivity contribution in [3.63, 3.8) is 0 Å². The molecular formula is C25H50O6. The van der Waals surface area contributed by atoms with Crippen molar-refractivity contribution < 1.29 is 28.5 Å². The molecule has 0 heterocycles. The summed E-state index contributed by atoms with van der Waals surface area (Å²) < 4.78 is 27.4. The van der Waals surface area contributed by atoms with Crippen LogP contribution in [0.5, 0.6) is 0 Å². The van der Waals surface area contributed by atoms with Gasteiger partial charge in [-0.3, -0.25) is 4.79 Å². The highest BCUT2D eigenvalue weighted by molar-refractivity contribution is 5.69. The summed E-state index contributed by atoms with van der Waals surface area (Å²) in [6.07, 6.45) is 13.2. The lowest BCUT2D eigenvalue weighted by Crippen LogP contribution is -2.15. The van der Waals surface area contributed by atoms with Gasteiger partial charge in [0.2, 0.25) is 0 Å². The lowest BCUT2D eigenvalue weighted by atomic mass is 10.1. The summed E-state index contributed by atoms with van der Waals surface area (Å²) >= 11 is 0. The summed E-state index contributed by atoms with van der Waals surface area (Å²) in [4.78, 5) is 11.8. The van der Waals surface area contributed by atoms with Crippen LogP contribution >= 0.6 is 0 Å². The summed E-state index contributed by atoms with van der Waals surface area (Å²) in [5.41, 5.74) is 0. The van der Waals surface area contributed by atoms with Crippen molar-refractivity contribution in [3.8, 4) is 0 Å². The van der Waals surface area contributed by atoms with Gasteiger partial charge in [0.05, 0.1) is 45.7 Å². The van der Waals surface area contributed by atoms with E-state index in [0.717, 1.165) is 25.9 Å². The van der Waals surface area contributed by atoms with E-state index >= 15 is 0 Å². The second kappa shape index (κ2) is 25.6. The average molecular weight is 447 g/mol. The van der Waals surface area contributed by atoms with Crippen molar-refractivity contribution in [3.05, 3.63) is 0 Å². The van der Waals surface area contributed by atoms with Crippen molar-refractivity contribution in [1.82, 2.24) is 0 Å². The maximum Gasteiger partial charge on any atom is 0.306 e. The molecule has 0 N–H and O–H groups in total. The standard InChI is InChI=1S/C25H50O6/c1-4-6-8-10-12-16-27-18-20-29-22-23-30-21-19-28-17-13-15-25(26)31-24(3)14-11-9-7-5-2/h24H,4-23H2,1-3H3. The first-order valence-electron chi connectivity index (χ1n) is 12.7. The van der Waals surface area contributed by atoms with Gasteiger partial charge in [-0.2, -0.15) is 0 Å². The lowest BCUT2D eigenvalue weighted by molar-refractivity contribution is -0.149. The van der Waals surface area contributed by atoms with Crippen LogP contribution in [0.1, 0.15) is 97.8 Å². The van der Waals surface area contributed by atoms with Crippen molar-refractivity contribution in [1.29, 1.82) is 0 Å². The topological polar surface area (TPSA) is 63.2 Å². The van der Waals surface area contributed by atoms with E-state index in [1.807, 2.05) is 6.92 Å². The summed E-state index contributed by atoms with van der Waals surface area (Å²) in [6, 6.07) is 0. The van der Waals surface area contributed by atoms with Crippen molar-refractivity contribution in [2.24, 2.45) is 0 Å². The van der Waals surface area contributed by atoms with E-state index in [1.165, 1.54) is 44.9 Å². The Hall–Kier alpha value is -0.690. The predicted molar refractivity (Wildman–Crippen MR) is 126 cm³/mol. The molecule has 1 atom stereocenters. The zero-order valence-electron chi connectivity index (χ0n) is 20.7. The first kappa shape index (κ1) is 30.3. The van der Waals surface area contributed by atoms with Crippen LogP contribution < -0.4 is 0 Å². The predicted octanol–water partition coefficient (Wildman–Crippen LogP) is 5.71. The minimum absolute atomic E-state index is 0.0167. The molecule has 0 aliphatic carbocycles. The molecule has 6 heteroatoms. The van der Waals surface area contributed by atoms with E-state index in [0.29, 0.717) is 59.1 Å². The fraction of sp³-hybridized carbons (Fsp3) is 0.960. The van der Waals surface area contributed by atoms with Gasteiger partial charge in [-0.15, -0.1) is 0 Å². The molecule has 6 nitrogen and oxygen atoms in total. The van der Waals surface area contributed by atoms with Gasteiger partial charge < -0.3 is 23.7 Å². The van der Waals surface area contributed by atoms with Crippen LogP contribution in [-0.2, 0) is 28.5 Å². The third-order valence-corrected chi connectivity index (χ3v) is 4.97. The van der Waals surface area contributed by atoms with Gasteiger partial charge in [-0.25, -0.2) is 0 Å². The van der Waals surface area contributed by atoms with Gasteiger partial charge in [0.25, 0.3) is 0 Å². The van der Waals surface area contributed by atoms with Gasteiger partial charge in [-0.1, -0.05) is 58.8 Å². The first-order chi connectivity index (χ1) is 15.2. The first-order valence-corrected chi connectivity index (χ1v) is 12.7. The van der Waals surface area contributed by atoms with Crippen LogP contribution in [0.2, 0.25) is 0 Å². The Morgan fingerprint density at radius 2 is 1.03 bits per heavy atom. The van der Waals surface area contributed by atoms with Crippen LogP contribution in [0, 0.1) is 0 Å². The molecule has 0 rings (SSSR count). The fourth-order valence-corrected chi connectivity index (χ4v) is 3.09. The third kappa shape index (κ3) is 25.4. The SMILES string of the molecule is CCCCCCCOCCOCCOCCOCCCC(=O)OC(C)CCCCCC. The van der Waals surface area contributed by atoms with Crippen LogP contribution in [0.4, 0.5) is 0 Å². The zero-order valence-corrected chi connectivity index (χ0v) is 20.7. The highest BCUT2D eigenvalue weighted by atomic mass is 16.6. The van der Waals surface area contributed by atoms with E-state index in [2.05, 4.69) is 13.8 Å². The third-order valence-electron chi connectivity index (χ3n) is 4.97. The number of carbonyl (C=O) groups is 1. The molecule has 0 aliphatic rings. The van der Waals surface area contributed by atoms with Gasteiger partial charge in [-0.05, 0) is 32.6 Å². The van der Waals surface area contributed by atoms with Gasteiger partial charge >= 0.3 is 5.97 Å². The Balaban J connectivity index is 3.20. The fourth-order valence-electron chi connectivity index (χ4n) is 3.09. The summed E-state index contributed by atoms with van der Waals surface area (Å²) in [5, 5.41) is 0. The van der Waals surface area contributed by atoms with E-state index in [1.54, 1.807) is 0 Å². The van der Waals surface area contributed by atoms with Crippen LogP contribution in [0.25, 0.3) is 0 Å². The second-order valence-corrected chi connectivity index (χ2v) is 8.12. The van der Waals surface area contributed by atoms with Gasteiger partial charge in [0.15, 0.2) is 0 Å². The summed E-state index contributed by atoms with van der Waals surface area (Å²) in [6.45, 7) is 11.2. The lowest BCUT2D eigenvalue weighted by Gasteiger charge is -2.13. The van der Waals surface area contributed by atoms with Crippen molar-refractivity contribution in [2.75, 3.05) is 52.9 Å². The van der Waals surface area contributed by atoms with Crippen molar-refractivity contribution in [2.45, 2.75) is 104 Å². The molecule has 0 bridgehead atoms. The van der Waals surface area contributed by atoms with E-state index in [-0.39, 0.29) is 12.1 Å². The molecule has 0 saturated carbocycles. The van der Waals surface area contributed by atoms with Gasteiger partial charge in [0, 0.05) is 19.6 Å². The quantitative estimate of drug-likeness (QED) is 0.132. The maximum atomic E-state index is 11.8. The molecule has 0 saturated heterocycles. The molecule has 186 valence electrons. The van der Waals surface area contributed by atoms with Crippen LogP contribution in [-0.4, -0.2) is 64.9 Å². The Bertz CT molecular complexity index is 364. The molecule has 0 aromatic carbocycles. The minimum Gasteiger partial charge on any atom is -0.463 e. The smallest absolute Gasteiger partial charge is 0.306 e. The zero-order chi connectivity index (χ0) is 22.8.